The van der Waals surface area contributed by atoms with Gasteiger partial charge in [-0.3, -0.25) is 9.78 Å². The van der Waals surface area contributed by atoms with Gasteiger partial charge in [0, 0.05) is 24.8 Å². The average Bonchev–Trinajstić information content (AvgIpc) is 3.02. The summed E-state index contributed by atoms with van der Waals surface area (Å²) in [4.78, 5) is 16.2. The number of fused-ring (bicyclic) bond motifs is 1. The van der Waals surface area contributed by atoms with E-state index in [1.54, 1.807) is 11.3 Å². The number of aromatic nitrogens is 1. The van der Waals surface area contributed by atoms with Crippen molar-refractivity contribution < 1.29 is 4.79 Å². The summed E-state index contributed by atoms with van der Waals surface area (Å²) >= 11 is 1.67. The summed E-state index contributed by atoms with van der Waals surface area (Å²) < 4.78 is 1.15. The Balaban J connectivity index is 1.75. The van der Waals surface area contributed by atoms with Gasteiger partial charge in [-0.2, -0.15) is 0 Å². The van der Waals surface area contributed by atoms with Gasteiger partial charge in [-0.25, -0.2) is 0 Å². The van der Waals surface area contributed by atoms with E-state index in [4.69, 9.17) is 0 Å². The largest absolute Gasteiger partial charge is 0.380 e. The van der Waals surface area contributed by atoms with Crippen LogP contribution in [-0.4, -0.2) is 17.4 Å². The highest BCUT2D eigenvalue weighted by Crippen LogP contribution is 2.27. The minimum Gasteiger partial charge on any atom is -0.380 e. The molecular weight excluding hydrogens is 294 g/mol. The molecule has 0 bridgehead atoms. The molecule has 0 aliphatic rings. The molecule has 22 heavy (non-hydrogen) atoms. The number of anilines is 1. The Morgan fingerprint density at radius 2 is 2.18 bits per heavy atom. The zero-order valence-electron chi connectivity index (χ0n) is 12.3. The minimum atomic E-state index is -0.0334. The van der Waals surface area contributed by atoms with Crippen LogP contribution in [0.5, 0.6) is 0 Å². The lowest BCUT2D eigenvalue weighted by Crippen LogP contribution is -2.22. The van der Waals surface area contributed by atoms with Crippen LogP contribution >= 0.6 is 11.3 Å². The molecule has 0 fully saturated rings. The van der Waals surface area contributed by atoms with Crippen molar-refractivity contribution in [2.45, 2.75) is 13.5 Å². The number of amides is 1. The summed E-state index contributed by atoms with van der Waals surface area (Å²) in [6, 6.07) is 11.7. The minimum absolute atomic E-state index is 0.0334. The van der Waals surface area contributed by atoms with Crippen molar-refractivity contribution in [3.8, 4) is 0 Å². The van der Waals surface area contributed by atoms with Crippen molar-refractivity contribution in [1.82, 2.24) is 10.3 Å². The fourth-order valence-corrected chi connectivity index (χ4v) is 3.14. The molecule has 2 heterocycles. The number of hydrogen-bond acceptors (Lipinski definition) is 4. The first-order valence-electron chi connectivity index (χ1n) is 7.21. The van der Waals surface area contributed by atoms with Crippen molar-refractivity contribution >= 4 is 33.1 Å². The van der Waals surface area contributed by atoms with E-state index < -0.39 is 0 Å². The van der Waals surface area contributed by atoms with Crippen LogP contribution in [-0.2, 0) is 6.54 Å². The highest BCUT2D eigenvalue weighted by molar-refractivity contribution is 7.17. The van der Waals surface area contributed by atoms with Gasteiger partial charge in [0.05, 0.1) is 15.9 Å². The van der Waals surface area contributed by atoms with Crippen LogP contribution in [0.1, 0.15) is 22.8 Å². The molecule has 3 rings (SSSR count). The molecule has 2 N–H and O–H groups in total. The number of pyridine rings is 1. The van der Waals surface area contributed by atoms with Crippen LogP contribution in [0.3, 0.4) is 0 Å². The Kier molecular flexibility index (Phi) is 4.34. The second kappa shape index (κ2) is 6.58. The molecule has 5 heteroatoms. The maximum Gasteiger partial charge on any atom is 0.251 e. The molecule has 4 nitrogen and oxygen atoms in total. The number of thiophene rings is 1. The first-order chi connectivity index (χ1) is 10.8. The van der Waals surface area contributed by atoms with Crippen LogP contribution in [0.4, 0.5) is 5.69 Å². The number of nitrogens with zero attached hydrogens (tertiary/aromatic N) is 1. The molecule has 1 aromatic carbocycles. The molecule has 1 amide bonds. The Hall–Kier alpha value is -2.40. The number of benzene rings is 1. The predicted molar refractivity (Wildman–Crippen MR) is 91.4 cm³/mol. The lowest BCUT2D eigenvalue weighted by atomic mass is 10.1. The summed E-state index contributed by atoms with van der Waals surface area (Å²) in [5.41, 5.74) is 3.84. The maximum absolute atomic E-state index is 11.9. The molecule has 0 saturated carbocycles. The quantitative estimate of drug-likeness (QED) is 0.756. The third-order valence-corrected chi connectivity index (χ3v) is 4.29. The van der Waals surface area contributed by atoms with Gasteiger partial charge in [0.2, 0.25) is 0 Å². The molecule has 0 aliphatic heterocycles. The zero-order valence-corrected chi connectivity index (χ0v) is 13.1. The van der Waals surface area contributed by atoms with E-state index >= 15 is 0 Å². The van der Waals surface area contributed by atoms with Gasteiger partial charge in [-0.15, -0.1) is 11.3 Å². The molecule has 0 atom stereocenters. The summed E-state index contributed by atoms with van der Waals surface area (Å²) in [5.74, 6) is -0.0334. The first-order valence-corrected chi connectivity index (χ1v) is 8.09. The first kappa shape index (κ1) is 14.5. The van der Waals surface area contributed by atoms with Crippen molar-refractivity contribution in [1.29, 1.82) is 0 Å². The van der Waals surface area contributed by atoms with E-state index in [0.717, 1.165) is 21.5 Å². The standard InChI is InChI=1S/C17H17N3OS/c1-2-18-17(21)13-5-3-4-12(10-13)11-20-14-6-8-19-15-7-9-22-16(14)15/h3-10H,2,11H2,1H3,(H,18,21)(H,19,20). The molecule has 112 valence electrons. The second-order valence-corrected chi connectivity index (χ2v) is 5.82. The summed E-state index contributed by atoms with van der Waals surface area (Å²) in [6.07, 6.45) is 1.81. The van der Waals surface area contributed by atoms with Gasteiger partial charge in [0.15, 0.2) is 0 Å². The van der Waals surface area contributed by atoms with Crippen LogP contribution in [0.15, 0.2) is 48.0 Å². The lowest BCUT2D eigenvalue weighted by Gasteiger charge is -2.09. The Bertz CT molecular complexity index is 797. The molecule has 0 spiro atoms. The fraction of sp³-hybridized carbons (Fsp3) is 0.176. The second-order valence-electron chi connectivity index (χ2n) is 4.91. The third kappa shape index (κ3) is 3.09. The van der Waals surface area contributed by atoms with E-state index in [1.165, 1.54) is 0 Å². The van der Waals surface area contributed by atoms with E-state index in [1.807, 2.05) is 54.9 Å². The molecule has 0 unspecified atom stereocenters. The van der Waals surface area contributed by atoms with Gasteiger partial charge >= 0.3 is 0 Å². The van der Waals surface area contributed by atoms with E-state index in [-0.39, 0.29) is 5.91 Å². The van der Waals surface area contributed by atoms with Crippen molar-refractivity contribution in [3.63, 3.8) is 0 Å². The Labute approximate surface area is 133 Å². The van der Waals surface area contributed by atoms with Crippen molar-refractivity contribution in [2.24, 2.45) is 0 Å². The van der Waals surface area contributed by atoms with Crippen molar-refractivity contribution in [3.05, 3.63) is 59.1 Å². The van der Waals surface area contributed by atoms with Crippen LogP contribution in [0.2, 0.25) is 0 Å². The fourth-order valence-electron chi connectivity index (χ4n) is 2.30. The van der Waals surface area contributed by atoms with Gasteiger partial charge in [-0.05, 0) is 42.1 Å². The van der Waals surface area contributed by atoms with E-state index in [2.05, 4.69) is 15.6 Å². The summed E-state index contributed by atoms with van der Waals surface area (Å²) in [5, 5.41) is 8.28. The highest BCUT2D eigenvalue weighted by Gasteiger charge is 2.06. The van der Waals surface area contributed by atoms with E-state index in [9.17, 15) is 4.79 Å². The summed E-state index contributed by atoms with van der Waals surface area (Å²) in [7, 11) is 0. The molecular formula is C17H17N3OS. The molecule has 0 saturated heterocycles. The van der Waals surface area contributed by atoms with E-state index in [0.29, 0.717) is 18.7 Å². The van der Waals surface area contributed by atoms with Crippen LogP contribution < -0.4 is 10.6 Å². The van der Waals surface area contributed by atoms with Crippen LogP contribution in [0, 0.1) is 0 Å². The van der Waals surface area contributed by atoms with Gasteiger partial charge in [-0.1, -0.05) is 12.1 Å². The number of nitrogens with one attached hydrogen (secondary N) is 2. The number of carbonyl (C=O) groups is 1. The maximum atomic E-state index is 11.9. The highest BCUT2D eigenvalue weighted by atomic mass is 32.1. The van der Waals surface area contributed by atoms with Gasteiger partial charge < -0.3 is 10.6 Å². The smallest absolute Gasteiger partial charge is 0.251 e. The number of hydrogen-bond donors (Lipinski definition) is 2. The topological polar surface area (TPSA) is 54.0 Å². The normalized spacial score (nSPS) is 10.6. The summed E-state index contributed by atoms with van der Waals surface area (Å²) in [6.45, 7) is 3.22. The molecule has 2 aromatic heterocycles. The average molecular weight is 311 g/mol. The van der Waals surface area contributed by atoms with Gasteiger partial charge in [0.1, 0.15) is 0 Å². The van der Waals surface area contributed by atoms with Crippen molar-refractivity contribution in [2.75, 3.05) is 11.9 Å². The third-order valence-electron chi connectivity index (χ3n) is 3.35. The Morgan fingerprint density at radius 3 is 3.05 bits per heavy atom. The number of rotatable bonds is 5. The number of carbonyl (C=O) groups excluding carboxylic acids is 1. The Morgan fingerprint density at radius 1 is 1.27 bits per heavy atom. The molecule has 0 radical (unpaired) electrons. The molecule has 3 aromatic rings. The monoisotopic (exact) mass is 311 g/mol. The SMILES string of the molecule is CCNC(=O)c1cccc(CNc2ccnc3ccsc23)c1. The molecule has 0 aliphatic carbocycles. The van der Waals surface area contributed by atoms with Crippen LogP contribution in [0.25, 0.3) is 10.2 Å². The van der Waals surface area contributed by atoms with Gasteiger partial charge in [0.25, 0.3) is 5.91 Å². The zero-order chi connectivity index (χ0) is 15.4. The predicted octanol–water partition coefficient (Wildman–Crippen LogP) is 3.66. The lowest BCUT2D eigenvalue weighted by molar-refractivity contribution is 0.0955.